The number of amides is 2. The Bertz CT molecular complexity index is 726. The van der Waals surface area contributed by atoms with Crippen LogP contribution in [-0.4, -0.2) is 41.3 Å². The van der Waals surface area contributed by atoms with Crippen LogP contribution in [0.4, 0.5) is 0 Å². The monoisotopic (exact) mass is 355 g/mol. The second kappa shape index (κ2) is 8.39. The topological polar surface area (TPSA) is 65.2 Å². The Kier molecular flexibility index (Phi) is 5.96. The number of para-hydroxylation sites is 1. The van der Waals surface area contributed by atoms with Crippen molar-refractivity contribution in [3.63, 3.8) is 0 Å². The van der Waals surface area contributed by atoms with Gasteiger partial charge in [-0.05, 0) is 37.3 Å². The highest BCUT2D eigenvalue weighted by Crippen LogP contribution is 2.26. The number of nitrogens with one attached hydrogen (secondary N) is 2. The number of hydrogen-bond donors (Lipinski definition) is 2. The number of fused-ring (bicyclic) bond motifs is 1. The molecular formula is C21H29N3O2. The van der Waals surface area contributed by atoms with Gasteiger partial charge in [-0.2, -0.15) is 0 Å². The quantitative estimate of drug-likeness (QED) is 0.778. The van der Waals surface area contributed by atoms with E-state index in [2.05, 4.69) is 17.2 Å². The first-order valence-corrected chi connectivity index (χ1v) is 9.75. The van der Waals surface area contributed by atoms with Crippen molar-refractivity contribution >= 4 is 22.7 Å². The van der Waals surface area contributed by atoms with Crippen LogP contribution >= 0.6 is 0 Å². The molecular weight excluding hydrogens is 326 g/mol. The molecule has 0 aliphatic carbocycles. The van der Waals surface area contributed by atoms with Crippen molar-refractivity contribution in [2.45, 2.75) is 39.5 Å². The van der Waals surface area contributed by atoms with Gasteiger partial charge in [-0.25, -0.2) is 0 Å². The summed E-state index contributed by atoms with van der Waals surface area (Å²) in [6.45, 7) is 6.32. The third-order valence-electron chi connectivity index (χ3n) is 5.54. The average molecular weight is 355 g/mol. The molecule has 26 heavy (non-hydrogen) atoms. The molecule has 0 saturated carbocycles. The average Bonchev–Trinajstić information content (AvgIpc) is 3.11. The van der Waals surface area contributed by atoms with Gasteiger partial charge in [-0.1, -0.05) is 38.5 Å². The summed E-state index contributed by atoms with van der Waals surface area (Å²) in [5.41, 5.74) is 1.64. The molecule has 1 aliphatic heterocycles. The highest BCUT2D eigenvalue weighted by atomic mass is 16.2. The minimum absolute atomic E-state index is 0.0113. The van der Waals surface area contributed by atoms with E-state index < -0.39 is 0 Å². The summed E-state index contributed by atoms with van der Waals surface area (Å²) >= 11 is 0. The molecule has 0 unspecified atom stereocenters. The van der Waals surface area contributed by atoms with E-state index in [1.54, 1.807) is 0 Å². The largest absolute Gasteiger partial charge is 0.356 e. The van der Waals surface area contributed by atoms with Crippen LogP contribution in [0, 0.1) is 11.8 Å². The van der Waals surface area contributed by atoms with Crippen LogP contribution in [0.3, 0.4) is 0 Å². The maximum atomic E-state index is 12.8. The summed E-state index contributed by atoms with van der Waals surface area (Å²) in [4.78, 5) is 30.2. The first-order chi connectivity index (χ1) is 12.6. The predicted octanol–water partition coefficient (Wildman–Crippen LogP) is 3.57. The van der Waals surface area contributed by atoms with Crippen LogP contribution in [0.2, 0.25) is 0 Å². The Morgan fingerprint density at radius 1 is 1.27 bits per heavy atom. The number of likely N-dealkylation sites (tertiary alicyclic amines) is 1. The number of aromatic amines is 1. The van der Waals surface area contributed by atoms with Crippen LogP contribution in [0.15, 0.2) is 30.3 Å². The third-order valence-corrected chi connectivity index (χ3v) is 5.54. The summed E-state index contributed by atoms with van der Waals surface area (Å²) in [7, 11) is 0. The maximum Gasteiger partial charge on any atom is 0.270 e. The number of nitrogens with zero attached hydrogens (tertiary/aromatic N) is 1. The lowest BCUT2D eigenvalue weighted by atomic mass is 9.84. The van der Waals surface area contributed by atoms with Crippen LogP contribution in [-0.2, 0) is 4.79 Å². The molecule has 0 radical (unpaired) electrons. The summed E-state index contributed by atoms with van der Waals surface area (Å²) in [5, 5.41) is 4.09. The van der Waals surface area contributed by atoms with Crippen molar-refractivity contribution in [2.24, 2.45) is 11.8 Å². The molecule has 2 aromatic rings. The first kappa shape index (κ1) is 18.5. The fraction of sp³-hybridized carbons (Fsp3) is 0.524. The number of unbranched alkanes of at least 4 members (excludes halogenated alkanes) is 1. The van der Waals surface area contributed by atoms with Crippen molar-refractivity contribution in [2.75, 3.05) is 19.6 Å². The molecule has 1 aromatic heterocycles. The van der Waals surface area contributed by atoms with Crippen molar-refractivity contribution in [3.8, 4) is 0 Å². The first-order valence-electron chi connectivity index (χ1n) is 9.75. The third kappa shape index (κ3) is 4.09. The van der Waals surface area contributed by atoms with E-state index in [0.29, 0.717) is 24.7 Å². The smallest absolute Gasteiger partial charge is 0.270 e. The molecule has 2 N–H and O–H groups in total. The van der Waals surface area contributed by atoms with E-state index >= 15 is 0 Å². The lowest BCUT2D eigenvalue weighted by Crippen LogP contribution is -2.42. The van der Waals surface area contributed by atoms with E-state index in [-0.39, 0.29) is 17.7 Å². The number of aromatic nitrogens is 1. The van der Waals surface area contributed by atoms with Crippen molar-refractivity contribution in [1.82, 2.24) is 15.2 Å². The molecule has 1 atom stereocenters. The zero-order chi connectivity index (χ0) is 18.5. The number of piperidine rings is 1. The molecule has 1 aliphatic rings. The van der Waals surface area contributed by atoms with Crippen LogP contribution in [0.25, 0.3) is 10.9 Å². The van der Waals surface area contributed by atoms with Gasteiger partial charge in [-0.15, -0.1) is 0 Å². The fourth-order valence-corrected chi connectivity index (χ4v) is 3.72. The van der Waals surface area contributed by atoms with E-state index in [4.69, 9.17) is 0 Å². The van der Waals surface area contributed by atoms with Crippen LogP contribution in [0.1, 0.15) is 50.0 Å². The lowest BCUT2D eigenvalue weighted by Gasteiger charge is -2.34. The zero-order valence-electron chi connectivity index (χ0n) is 15.8. The van der Waals surface area contributed by atoms with E-state index in [1.807, 2.05) is 42.2 Å². The minimum atomic E-state index is 0.0113. The highest BCUT2D eigenvalue weighted by Gasteiger charge is 2.30. The number of carbonyl (C=O) groups excluding carboxylic acids is 2. The number of benzene rings is 1. The number of H-pyrrole nitrogens is 1. The second-order valence-electron chi connectivity index (χ2n) is 7.33. The standard InChI is InChI=1S/C21H29N3O2/c1-3-4-11-22-20(25)15(2)16-9-12-24(13-10-16)21(26)19-14-17-7-5-6-8-18(17)23-19/h5-8,14-16,23H,3-4,9-13H2,1-2H3,(H,22,25)/t15-/m0/s1. The van der Waals surface area contributed by atoms with E-state index in [9.17, 15) is 9.59 Å². The molecule has 0 spiro atoms. The Morgan fingerprint density at radius 3 is 2.69 bits per heavy atom. The van der Waals surface area contributed by atoms with Crippen molar-refractivity contribution in [1.29, 1.82) is 0 Å². The molecule has 1 aromatic carbocycles. The molecule has 140 valence electrons. The molecule has 1 fully saturated rings. The van der Waals surface area contributed by atoms with Gasteiger partial charge in [0.15, 0.2) is 0 Å². The van der Waals surface area contributed by atoms with Crippen LogP contribution < -0.4 is 5.32 Å². The Balaban J connectivity index is 1.54. The molecule has 2 heterocycles. The van der Waals surface area contributed by atoms with Gasteiger partial charge in [0.25, 0.3) is 5.91 Å². The molecule has 5 nitrogen and oxygen atoms in total. The van der Waals surface area contributed by atoms with Gasteiger partial charge in [0.2, 0.25) is 5.91 Å². The van der Waals surface area contributed by atoms with Gasteiger partial charge >= 0.3 is 0 Å². The minimum Gasteiger partial charge on any atom is -0.356 e. The number of carbonyl (C=O) groups is 2. The Morgan fingerprint density at radius 2 is 2.00 bits per heavy atom. The molecule has 1 saturated heterocycles. The van der Waals surface area contributed by atoms with Gasteiger partial charge in [0.05, 0.1) is 0 Å². The van der Waals surface area contributed by atoms with Crippen LogP contribution in [0.5, 0.6) is 0 Å². The SMILES string of the molecule is CCCCNC(=O)[C@@H](C)C1CCN(C(=O)c2cc3ccccc3[nH]2)CC1. The molecule has 0 bridgehead atoms. The van der Waals surface area contributed by atoms with Gasteiger partial charge in [-0.3, -0.25) is 9.59 Å². The van der Waals surface area contributed by atoms with Gasteiger partial charge in [0, 0.05) is 36.5 Å². The summed E-state index contributed by atoms with van der Waals surface area (Å²) in [6.07, 6.45) is 3.88. The number of hydrogen-bond acceptors (Lipinski definition) is 2. The predicted molar refractivity (Wildman–Crippen MR) is 104 cm³/mol. The molecule has 3 rings (SSSR count). The van der Waals surface area contributed by atoms with Crippen molar-refractivity contribution in [3.05, 3.63) is 36.0 Å². The lowest BCUT2D eigenvalue weighted by molar-refractivity contribution is -0.126. The summed E-state index contributed by atoms with van der Waals surface area (Å²) < 4.78 is 0. The number of rotatable bonds is 6. The maximum absolute atomic E-state index is 12.8. The Hall–Kier alpha value is -2.30. The van der Waals surface area contributed by atoms with Crippen molar-refractivity contribution < 1.29 is 9.59 Å². The fourth-order valence-electron chi connectivity index (χ4n) is 3.72. The summed E-state index contributed by atoms with van der Waals surface area (Å²) in [5.74, 6) is 0.569. The Labute approximate surface area is 155 Å². The second-order valence-corrected chi connectivity index (χ2v) is 7.33. The zero-order valence-corrected chi connectivity index (χ0v) is 15.8. The summed E-state index contributed by atoms with van der Waals surface area (Å²) in [6, 6.07) is 9.85. The molecule has 2 amide bonds. The highest BCUT2D eigenvalue weighted by molar-refractivity contribution is 5.98. The van der Waals surface area contributed by atoms with Gasteiger partial charge in [0.1, 0.15) is 5.69 Å². The van der Waals surface area contributed by atoms with E-state index in [1.165, 1.54) is 0 Å². The van der Waals surface area contributed by atoms with E-state index in [0.717, 1.165) is 43.1 Å². The van der Waals surface area contributed by atoms with Gasteiger partial charge < -0.3 is 15.2 Å². The molecule has 5 heteroatoms. The normalized spacial score (nSPS) is 16.6.